The van der Waals surface area contributed by atoms with Gasteiger partial charge in [-0.05, 0) is 78.5 Å². The molecule has 3 atom stereocenters. The Labute approximate surface area is 310 Å². The zero-order valence-electron chi connectivity index (χ0n) is 32.6. The van der Waals surface area contributed by atoms with Crippen LogP contribution in [0.4, 0.5) is 4.79 Å². The van der Waals surface area contributed by atoms with Crippen molar-refractivity contribution in [2.24, 2.45) is 0 Å². The Morgan fingerprint density at radius 1 is 0.673 bits per heavy atom. The second kappa shape index (κ2) is 19.3. The molecule has 3 aromatic rings. The van der Waals surface area contributed by atoms with E-state index in [1.165, 1.54) is 0 Å². The zero-order valence-corrected chi connectivity index (χ0v) is 32.6. The van der Waals surface area contributed by atoms with Crippen molar-refractivity contribution < 1.29 is 28.7 Å². The van der Waals surface area contributed by atoms with E-state index >= 15 is 0 Å². The molecule has 0 radical (unpaired) electrons. The van der Waals surface area contributed by atoms with Crippen molar-refractivity contribution in [3.8, 4) is 0 Å². The minimum absolute atomic E-state index is 0.181. The van der Waals surface area contributed by atoms with Gasteiger partial charge in [-0.3, -0.25) is 9.59 Å². The van der Waals surface area contributed by atoms with E-state index in [0.717, 1.165) is 41.5 Å². The summed E-state index contributed by atoms with van der Waals surface area (Å²) < 4.78 is 11.4. The van der Waals surface area contributed by atoms with Gasteiger partial charge in [0, 0.05) is 19.4 Å². The molecule has 3 amide bonds. The molecule has 0 bridgehead atoms. The summed E-state index contributed by atoms with van der Waals surface area (Å²) in [5.74, 6) is -1.52. The number of rotatable bonds is 16. The number of ether oxygens (including phenoxy) is 2. The first-order chi connectivity index (χ1) is 24.5. The number of benzene rings is 3. The summed E-state index contributed by atoms with van der Waals surface area (Å²) in [4.78, 5) is 58.3. The summed E-state index contributed by atoms with van der Waals surface area (Å²) in [7, 11) is 0. The molecule has 0 aliphatic carbocycles. The lowest BCUT2D eigenvalue weighted by atomic mass is 9.96. The predicted molar refractivity (Wildman–Crippen MR) is 206 cm³/mol. The summed E-state index contributed by atoms with van der Waals surface area (Å²) in [6, 6.07) is 21.5. The largest absolute Gasteiger partial charge is 0.458 e. The van der Waals surface area contributed by atoms with Crippen molar-refractivity contribution >= 4 is 23.9 Å². The average Bonchev–Trinajstić information content (AvgIpc) is 3.04. The quantitative estimate of drug-likeness (QED) is 0.115. The maximum Gasteiger partial charge on any atom is 0.408 e. The van der Waals surface area contributed by atoms with Gasteiger partial charge in [0.25, 0.3) is 0 Å². The van der Waals surface area contributed by atoms with E-state index in [9.17, 15) is 19.2 Å². The summed E-state index contributed by atoms with van der Waals surface area (Å²) in [5.41, 5.74) is 2.56. The summed E-state index contributed by atoms with van der Waals surface area (Å²) in [5, 5.41) is 5.83. The molecule has 52 heavy (non-hydrogen) atoms. The molecule has 3 unspecified atom stereocenters. The van der Waals surface area contributed by atoms with Crippen LogP contribution in [0.25, 0.3) is 0 Å². The third-order valence-corrected chi connectivity index (χ3v) is 8.22. The Balaban J connectivity index is 2.15. The molecule has 0 aliphatic rings. The Morgan fingerprint density at radius 2 is 1.19 bits per heavy atom. The van der Waals surface area contributed by atoms with Gasteiger partial charge in [-0.1, -0.05) is 116 Å². The van der Waals surface area contributed by atoms with E-state index in [4.69, 9.17) is 9.47 Å². The topological polar surface area (TPSA) is 114 Å². The summed E-state index contributed by atoms with van der Waals surface area (Å²) >= 11 is 0. The summed E-state index contributed by atoms with van der Waals surface area (Å²) in [6.07, 6.45) is 3.08. The Kier molecular flexibility index (Phi) is 15.5. The SMILES string of the molecule is CCCCCCN(C(=O)C(Cc1ccccc1)NC(=O)OC(C)(C)C)C(C(=O)NC(Cc1ccccc1)C(=O)OC(C)(C)C)c1cc(C)cc(C)c1. The van der Waals surface area contributed by atoms with Crippen molar-refractivity contribution in [2.45, 2.75) is 130 Å². The molecule has 0 aromatic heterocycles. The van der Waals surface area contributed by atoms with Crippen LogP contribution in [-0.2, 0) is 36.7 Å². The molecule has 0 spiro atoms. The zero-order chi connectivity index (χ0) is 38.5. The van der Waals surface area contributed by atoms with E-state index in [0.29, 0.717) is 12.0 Å². The van der Waals surface area contributed by atoms with E-state index < -0.39 is 53.2 Å². The van der Waals surface area contributed by atoms with Gasteiger partial charge >= 0.3 is 12.1 Å². The van der Waals surface area contributed by atoms with Crippen LogP contribution in [0.3, 0.4) is 0 Å². The van der Waals surface area contributed by atoms with Crippen LogP contribution in [0.15, 0.2) is 78.9 Å². The minimum atomic E-state index is -1.12. The van der Waals surface area contributed by atoms with Gasteiger partial charge < -0.3 is 25.0 Å². The highest BCUT2D eigenvalue weighted by Gasteiger charge is 2.38. The van der Waals surface area contributed by atoms with Gasteiger partial charge in [0.15, 0.2) is 0 Å². The van der Waals surface area contributed by atoms with Crippen LogP contribution in [0.2, 0.25) is 0 Å². The second-order valence-corrected chi connectivity index (χ2v) is 15.6. The first-order valence-electron chi connectivity index (χ1n) is 18.4. The normalized spacial score (nSPS) is 13.3. The van der Waals surface area contributed by atoms with Gasteiger partial charge in [-0.15, -0.1) is 0 Å². The molecular weight excluding hydrogens is 654 g/mol. The number of nitrogens with zero attached hydrogens (tertiary/aromatic N) is 1. The maximum atomic E-state index is 15.0. The monoisotopic (exact) mass is 713 g/mol. The molecule has 3 rings (SSSR count). The highest BCUT2D eigenvalue weighted by molar-refractivity contribution is 5.94. The third-order valence-electron chi connectivity index (χ3n) is 8.22. The van der Waals surface area contributed by atoms with Crippen molar-refractivity contribution in [1.29, 1.82) is 0 Å². The Morgan fingerprint density at radius 3 is 1.69 bits per heavy atom. The van der Waals surface area contributed by atoms with Gasteiger partial charge in [-0.2, -0.15) is 0 Å². The summed E-state index contributed by atoms with van der Waals surface area (Å²) in [6.45, 7) is 16.9. The van der Waals surface area contributed by atoms with Gasteiger partial charge in [0.1, 0.15) is 29.3 Å². The third kappa shape index (κ3) is 14.2. The number of alkyl carbamates (subject to hydrolysis) is 1. The van der Waals surface area contributed by atoms with Gasteiger partial charge in [-0.25, -0.2) is 9.59 Å². The van der Waals surface area contributed by atoms with E-state index in [1.807, 2.05) is 92.7 Å². The van der Waals surface area contributed by atoms with Crippen LogP contribution in [0, 0.1) is 13.8 Å². The Bertz CT molecular complexity index is 1590. The van der Waals surface area contributed by atoms with Crippen LogP contribution in [0.5, 0.6) is 0 Å². The highest BCUT2D eigenvalue weighted by atomic mass is 16.6. The lowest BCUT2D eigenvalue weighted by Crippen LogP contribution is -2.55. The van der Waals surface area contributed by atoms with Gasteiger partial charge in [0.2, 0.25) is 11.8 Å². The second-order valence-electron chi connectivity index (χ2n) is 15.6. The van der Waals surface area contributed by atoms with Crippen molar-refractivity contribution in [2.75, 3.05) is 6.54 Å². The first-order valence-corrected chi connectivity index (χ1v) is 18.4. The van der Waals surface area contributed by atoms with Crippen LogP contribution >= 0.6 is 0 Å². The molecule has 0 heterocycles. The Hall–Kier alpha value is -4.66. The number of esters is 1. The lowest BCUT2D eigenvalue weighted by molar-refractivity contribution is -0.159. The number of amides is 3. The number of carbonyl (C=O) groups is 4. The molecule has 0 saturated heterocycles. The van der Waals surface area contributed by atoms with Crippen LogP contribution in [0.1, 0.15) is 108 Å². The molecular formula is C43H59N3O6. The standard InChI is InChI=1S/C43H59N3O6/c1-10-11-12-19-24-46(39(48)35(28-32-20-15-13-16-21-32)45-41(50)52-43(7,8)9)37(34-26-30(2)25-31(3)27-34)38(47)44-36(40(49)51-42(4,5)6)29-33-22-17-14-18-23-33/h13-18,20-23,25-27,35-37H,10-12,19,24,28-29H2,1-9H3,(H,44,47)(H,45,50). The smallest absolute Gasteiger partial charge is 0.408 e. The van der Waals surface area contributed by atoms with Crippen molar-refractivity contribution in [3.05, 3.63) is 107 Å². The molecule has 0 saturated carbocycles. The number of aryl methyl sites for hydroxylation is 2. The highest BCUT2D eigenvalue weighted by Crippen LogP contribution is 2.27. The first kappa shape index (κ1) is 41.8. The molecule has 9 nitrogen and oxygen atoms in total. The maximum absolute atomic E-state index is 15.0. The average molecular weight is 714 g/mol. The number of nitrogens with one attached hydrogen (secondary N) is 2. The minimum Gasteiger partial charge on any atom is -0.458 e. The number of carbonyl (C=O) groups excluding carboxylic acids is 4. The fraction of sp³-hybridized carbons (Fsp3) is 0.488. The van der Waals surface area contributed by atoms with Gasteiger partial charge in [0.05, 0.1) is 0 Å². The van der Waals surface area contributed by atoms with Crippen LogP contribution < -0.4 is 10.6 Å². The fourth-order valence-electron chi connectivity index (χ4n) is 6.08. The van der Waals surface area contributed by atoms with Crippen molar-refractivity contribution in [3.63, 3.8) is 0 Å². The number of hydrogen-bond acceptors (Lipinski definition) is 6. The van der Waals surface area contributed by atoms with E-state index in [-0.39, 0.29) is 19.4 Å². The number of unbranched alkanes of at least 4 members (excludes halogenated alkanes) is 3. The molecule has 282 valence electrons. The molecule has 0 aliphatic heterocycles. The van der Waals surface area contributed by atoms with Crippen molar-refractivity contribution in [1.82, 2.24) is 15.5 Å². The molecule has 9 heteroatoms. The fourth-order valence-corrected chi connectivity index (χ4v) is 6.08. The van der Waals surface area contributed by atoms with Crippen LogP contribution in [-0.4, -0.2) is 58.6 Å². The number of hydrogen-bond donors (Lipinski definition) is 2. The predicted octanol–water partition coefficient (Wildman–Crippen LogP) is 7.96. The molecule has 2 N–H and O–H groups in total. The van der Waals surface area contributed by atoms with E-state index in [1.54, 1.807) is 46.4 Å². The molecule has 0 fully saturated rings. The lowest BCUT2D eigenvalue weighted by Gasteiger charge is -2.36. The van der Waals surface area contributed by atoms with E-state index in [2.05, 4.69) is 17.6 Å². The molecule has 3 aromatic carbocycles.